The molecular weight excluding hydrogens is 170 g/mol. The minimum absolute atomic E-state index is 0.0977. The summed E-state index contributed by atoms with van der Waals surface area (Å²) in [6, 6.07) is 12.8. The van der Waals surface area contributed by atoms with E-state index >= 15 is 0 Å². The van der Waals surface area contributed by atoms with Gasteiger partial charge in [-0.1, -0.05) is 36.4 Å². The van der Waals surface area contributed by atoms with Gasteiger partial charge in [0, 0.05) is 6.04 Å². The maximum absolute atomic E-state index is 5.93. The third kappa shape index (κ3) is 1.40. The van der Waals surface area contributed by atoms with Crippen molar-refractivity contribution in [3.05, 3.63) is 47.5 Å². The lowest BCUT2D eigenvalue weighted by molar-refractivity contribution is 0.826. The van der Waals surface area contributed by atoms with Crippen molar-refractivity contribution in [2.45, 2.75) is 19.9 Å². The van der Waals surface area contributed by atoms with E-state index in [9.17, 15) is 0 Å². The molecule has 1 atom stereocenters. The minimum Gasteiger partial charge on any atom is -0.324 e. The van der Waals surface area contributed by atoms with Gasteiger partial charge in [0.05, 0.1) is 0 Å². The van der Waals surface area contributed by atoms with Crippen LogP contribution in [-0.4, -0.2) is 0 Å². The Hall–Kier alpha value is -1.34. The summed E-state index contributed by atoms with van der Waals surface area (Å²) in [6.07, 6.45) is 0. The van der Waals surface area contributed by atoms with E-state index in [2.05, 4.69) is 43.3 Å². The van der Waals surface area contributed by atoms with Gasteiger partial charge in [0.25, 0.3) is 0 Å². The molecule has 0 aliphatic carbocycles. The quantitative estimate of drug-likeness (QED) is 0.725. The number of hydrogen-bond acceptors (Lipinski definition) is 1. The third-order valence-corrected chi connectivity index (χ3v) is 2.67. The average molecular weight is 185 g/mol. The van der Waals surface area contributed by atoms with E-state index in [0.717, 1.165) is 0 Å². The Morgan fingerprint density at radius 2 is 1.64 bits per heavy atom. The van der Waals surface area contributed by atoms with Crippen molar-refractivity contribution in [2.24, 2.45) is 5.73 Å². The molecule has 0 fully saturated rings. The molecule has 0 aliphatic heterocycles. The standard InChI is InChI=1S/C13H15N/c1-9-7-8-12(10(2)14)13-6-4-3-5-11(9)13/h3-8,10H,14H2,1-2H3/t10-/m0/s1. The zero-order chi connectivity index (χ0) is 10.1. The molecule has 0 saturated heterocycles. The van der Waals surface area contributed by atoms with E-state index in [-0.39, 0.29) is 6.04 Å². The van der Waals surface area contributed by atoms with Crippen molar-refractivity contribution in [1.29, 1.82) is 0 Å². The largest absolute Gasteiger partial charge is 0.324 e. The van der Waals surface area contributed by atoms with Gasteiger partial charge in [-0.3, -0.25) is 0 Å². The molecule has 1 heteroatoms. The number of hydrogen-bond donors (Lipinski definition) is 1. The number of benzene rings is 2. The summed E-state index contributed by atoms with van der Waals surface area (Å²) < 4.78 is 0. The highest BCUT2D eigenvalue weighted by Gasteiger charge is 2.05. The van der Waals surface area contributed by atoms with Crippen LogP contribution in [0.3, 0.4) is 0 Å². The van der Waals surface area contributed by atoms with Crippen LogP contribution in [0.4, 0.5) is 0 Å². The maximum atomic E-state index is 5.93. The van der Waals surface area contributed by atoms with E-state index in [1.54, 1.807) is 0 Å². The fourth-order valence-electron chi connectivity index (χ4n) is 1.87. The molecule has 0 heterocycles. The highest BCUT2D eigenvalue weighted by molar-refractivity contribution is 5.88. The van der Waals surface area contributed by atoms with Crippen LogP contribution in [0.1, 0.15) is 24.1 Å². The molecule has 0 radical (unpaired) electrons. The zero-order valence-corrected chi connectivity index (χ0v) is 8.62. The van der Waals surface area contributed by atoms with E-state index < -0.39 is 0 Å². The lowest BCUT2D eigenvalue weighted by Gasteiger charge is -2.11. The number of aryl methyl sites for hydroxylation is 1. The summed E-state index contributed by atoms with van der Waals surface area (Å²) in [6.45, 7) is 4.16. The molecule has 0 aliphatic rings. The van der Waals surface area contributed by atoms with Gasteiger partial charge in [0.15, 0.2) is 0 Å². The van der Waals surface area contributed by atoms with Crippen LogP contribution in [0.2, 0.25) is 0 Å². The van der Waals surface area contributed by atoms with Crippen LogP contribution in [0.5, 0.6) is 0 Å². The first-order valence-electron chi connectivity index (χ1n) is 4.94. The van der Waals surface area contributed by atoms with Gasteiger partial charge in [-0.25, -0.2) is 0 Å². The Morgan fingerprint density at radius 3 is 2.29 bits per heavy atom. The molecule has 0 saturated carbocycles. The molecule has 2 N–H and O–H groups in total. The summed E-state index contributed by atoms with van der Waals surface area (Å²) >= 11 is 0. The Labute approximate surface area is 84.5 Å². The van der Waals surface area contributed by atoms with Gasteiger partial charge < -0.3 is 5.73 Å². The zero-order valence-electron chi connectivity index (χ0n) is 8.62. The van der Waals surface area contributed by atoms with E-state index in [4.69, 9.17) is 5.73 Å². The molecule has 0 amide bonds. The van der Waals surface area contributed by atoms with Gasteiger partial charge in [-0.15, -0.1) is 0 Å². The molecule has 2 aromatic rings. The number of fused-ring (bicyclic) bond motifs is 1. The van der Waals surface area contributed by atoms with Gasteiger partial charge >= 0.3 is 0 Å². The normalized spacial score (nSPS) is 13.1. The Morgan fingerprint density at radius 1 is 1.00 bits per heavy atom. The first-order chi connectivity index (χ1) is 6.70. The van der Waals surface area contributed by atoms with E-state index in [0.29, 0.717) is 0 Å². The maximum Gasteiger partial charge on any atom is 0.0272 e. The van der Waals surface area contributed by atoms with Crippen molar-refractivity contribution < 1.29 is 0 Å². The van der Waals surface area contributed by atoms with Crippen LogP contribution >= 0.6 is 0 Å². The lowest BCUT2D eigenvalue weighted by Crippen LogP contribution is -2.05. The predicted molar refractivity (Wildman–Crippen MR) is 61.3 cm³/mol. The fraction of sp³-hybridized carbons (Fsp3) is 0.231. The molecule has 0 bridgehead atoms. The fourth-order valence-corrected chi connectivity index (χ4v) is 1.87. The SMILES string of the molecule is Cc1ccc([C@H](C)N)c2ccccc12. The molecule has 0 spiro atoms. The van der Waals surface area contributed by atoms with E-state index in [1.807, 2.05) is 6.92 Å². The summed E-state index contributed by atoms with van der Waals surface area (Å²) in [5.41, 5.74) is 8.47. The summed E-state index contributed by atoms with van der Waals surface area (Å²) in [5.74, 6) is 0. The van der Waals surface area contributed by atoms with Crippen molar-refractivity contribution in [2.75, 3.05) is 0 Å². The third-order valence-electron chi connectivity index (χ3n) is 2.67. The monoisotopic (exact) mass is 185 g/mol. The number of rotatable bonds is 1. The first kappa shape index (κ1) is 9.22. The highest BCUT2D eigenvalue weighted by Crippen LogP contribution is 2.25. The molecule has 1 nitrogen and oxygen atoms in total. The van der Waals surface area contributed by atoms with Crippen molar-refractivity contribution in [1.82, 2.24) is 0 Å². The molecule has 0 unspecified atom stereocenters. The smallest absolute Gasteiger partial charge is 0.0272 e. The van der Waals surface area contributed by atoms with Crippen LogP contribution in [0, 0.1) is 6.92 Å². The topological polar surface area (TPSA) is 26.0 Å². The average Bonchev–Trinajstić information content (AvgIpc) is 2.18. The molecule has 2 aromatic carbocycles. The Bertz CT molecular complexity index is 458. The van der Waals surface area contributed by atoms with Gasteiger partial charge in [0.1, 0.15) is 0 Å². The molecule has 0 aromatic heterocycles. The second-order valence-electron chi connectivity index (χ2n) is 3.81. The van der Waals surface area contributed by atoms with Gasteiger partial charge in [-0.05, 0) is 35.7 Å². The van der Waals surface area contributed by atoms with Crippen LogP contribution < -0.4 is 5.73 Å². The van der Waals surface area contributed by atoms with Crippen molar-refractivity contribution >= 4 is 10.8 Å². The van der Waals surface area contributed by atoms with Gasteiger partial charge in [-0.2, -0.15) is 0 Å². The second kappa shape index (κ2) is 3.43. The molecule has 14 heavy (non-hydrogen) atoms. The van der Waals surface area contributed by atoms with Crippen molar-refractivity contribution in [3.63, 3.8) is 0 Å². The van der Waals surface area contributed by atoms with Crippen LogP contribution in [0.25, 0.3) is 10.8 Å². The van der Waals surface area contributed by atoms with Crippen molar-refractivity contribution in [3.8, 4) is 0 Å². The summed E-state index contributed by atoms with van der Waals surface area (Å²) in [4.78, 5) is 0. The Kier molecular flexibility index (Phi) is 2.26. The predicted octanol–water partition coefficient (Wildman–Crippen LogP) is 3.17. The minimum atomic E-state index is 0.0977. The van der Waals surface area contributed by atoms with Crippen LogP contribution in [-0.2, 0) is 0 Å². The summed E-state index contributed by atoms with van der Waals surface area (Å²) in [5, 5.41) is 2.59. The van der Waals surface area contributed by atoms with E-state index in [1.165, 1.54) is 21.9 Å². The highest BCUT2D eigenvalue weighted by atomic mass is 14.6. The number of nitrogens with two attached hydrogens (primary N) is 1. The molecule has 2 rings (SSSR count). The second-order valence-corrected chi connectivity index (χ2v) is 3.81. The van der Waals surface area contributed by atoms with Crippen LogP contribution in [0.15, 0.2) is 36.4 Å². The summed E-state index contributed by atoms with van der Waals surface area (Å²) in [7, 11) is 0. The first-order valence-corrected chi connectivity index (χ1v) is 4.94. The van der Waals surface area contributed by atoms with Gasteiger partial charge in [0.2, 0.25) is 0 Å². The molecular formula is C13H15N. The molecule has 72 valence electrons. The Balaban J connectivity index is 2.82. The lowest BCUT2D eigenvalue weighted by atomic mass is 9.97.